The molecule has 3 rings (SSSR count). The number of hydrogen-bond donors (Lipinski definition) is 2. The molecular weight excluding hydrogens is 288 g/mol. The van der Waals surface area contributed by atoms with Gasteiger partial charge in [0.25, 0.3) is 0 Å². The van der Waals surface area contributed by atoms with Gasteiger partial charge in [0.1, 0.15) is 5.71 Å². The molecule has 0 bridgehead atoms. The van der Waals surface area contributed by atoms with Crippen LogP contribution in [0.1, 0.15) is 30.5 Å². The first-order chi connectivity index (χ1) is 11.1. The van der Waals surface area contributed by atoms with Crippen molar-refractivity contribution < 1.29 is 5.21 Å². The monoisotopic (exact) mass is 308 g/mol. The molecule has 0 spiro atoms. The van der Waals surface area contributed by atoms with Crippen LogP contribution in [-0.4, -0.2) is 22.7 Å². The highest BCUT2D eigenvalue weighted by Gasteiger charge is 2.25. The summed E-state index contributed by atoms with van der Waals surface area (Å²) in [5.74, 6) is 5.71. The number of aliphatic imine (C=N–C) groups is 1. The van der Waals surface area contributed by atoms with E-state index in [9.17, 15) is 5.21 Å². The van der Waals surface area contributed by atoms with Crippen molar-refractivity contribution in [1.82, 2.24) is 0 Å². The van der Waals surface area contributed by atoms with Crippen molar-refractivity contribution in [3.63, 3.8) is 0 Å². The van der Waals surface area contributed by atoms with E-state index in [1.54, 1.807) is 0 Å². The predicted molar refractivity (Wildman–Crippen MR) is 93.3 cm³/mol. The molecule has 23 heavy (non-hydrogen) atoms. The summed E-state index contributed by atoms with van der Waals surface area (Å²) in [4.78, 5) is 4.76. The van der Waals surface area contributed by atoms with Crippen LogP contribution in [0, 0.1) is 0 Å². The number of hydrazone groups is 1. The Morgan fingerprint density at radius 3 is 2.35 bits per heavy atom. The molecule has 118 valence electrons. The number of rotatable bonds is 1. The summed E-state index contributed by atoms with van der Waals surface area (Å²) in [7, 11) is 0. The highest BCUT2D eigenvalue weighted by molar-refractivity contribution is 6.54. The molecule has 1 aliphatic heterocycles. The summed E-state index contributed by atoms with van der Waals surface area (Å²) >= 11 is 0. The Labute approximate surface area is 135 Å². The third-order valence-corrected chi connectivity index (χ3v) is 3.77. The van der Waals surface area contributed by atoms with E-state index < -0.39 is 0 Å². The van der Waals surface area contributed by atoms with Crippen molar-refractivity contribution in [2.24, 2.45) is 15.9 Å². The first-order valence-electron chi connectivity index (χ1n) is 7.62. The zero-order valence-electron chi connectivity index (χ0n) is 13.3. The molecule has 1 aliphatic rings. The van der Waals surface area contributed by atoms with Crippen molar-refractivity contribution in [2.75, 3.05) is 5.06 Å². The van der Waals surface area contributed by atoms with Gasteiger partial charge in [0.2, 0.25) is 0 Å². The van der Waals surface area contributed by atoms with E-state index in [0.717, 1.165) is 22.4 Å². The summed E-state index contributed by atoms with van der Waals surface area (Å²) in [6, 6.07) is 15.5. The van der Waals surface area contributed by atoms with E-state index in [2.05, 4.69) is 5.10 Å². The normalized spacial score (nSPS) is 17.8. The van der Waals surface area contributed by atoms with Crippen LogP contribution in [0.15, 0.2) is 58.6 Å². The number of benzene rings is 2. The van der Waals surface area contributed by atoms with E-state index in [1.165, 1.54) is 5.06 Å². The molecule has 0 saturated heterocycles. The lowest BCUT2D eigenvalue weighted by atomic mass is 9.92. The molecule has 1 heterocycles. The quantitative estimate of drug-likeness (QED) is 0.628. The van der Waals surface area contributed by atoms with E-state index >= 15 is 0 Å². The highest BCUT2D eigenvalue weighted by Crippen LogP contribution is 2.28. The van der Waals surface area contributed by atoms with Crippen LogP contribution in [-0.2, 0) is 6.54 Å². The number of para-hydroxylation sites is 1. The van der Waals surface area contributed by atoms with Crippen LogP contribution in [0.4, 0.5) is 5.69 Å². The van der Waals surface area contributed by atoms with Gasteiger partial charge in [0.15, 0.2) is 0 Å². The summed E-state index contributed by atoms with van der Waals surface area (Å²) in [6.07, 6.45) is 0. The second kappa shape index (κ2) is 6.22. The average molecular weight is 308 g/mol. The zero-order chi connectivity index (χ0) is 16.4. The van der Waals surface area contributed by atoms with E-state index in [1.807, 2.05) is 62.4 Å². The molecule has 5 nitrogen and oxygen atoms in total. The second-order valence-corrected chi connectivity index (χ2v) is 5.78. The molecular formula is C18H20N4O. The first-order valence-corrected chi connectivity index (χ1v) is 7.62. The summed E-state index contributed by atoms with van der Waals surface area (Å²) in [5, 5.41) is 15.7. The van der Waals surface area contributed by atoms with Gasteiger partial charge < -0.3 is 5.84 Å². The van der Waals surface area contributed by atoms with Crippen LogP contribution in [0.2, 0.25) is 0 Å². The number of anilines is 1. The van der Waals surface area contributed by atoms with Crippen LogP contribution < -0.4 is 10.9 Å². The van der Waals surface area contributed by atoms with Gasteiger partial charge in [0.05, 0.1) is 17.9 Å². The maximum absolute atomic E-state index is 10.5. The molecule has 0 fully saturated rings. The lowest BCUT2D eigenvalue weighted by Crippen LogP contribution is -2.30. The molecule has 0 atom stereocenters. The largest absolute Gasteiger partial charge is 0.323 e. The Kier molecular flexibility index (Phi) is 4.12. The average Bonchev–Trinajstić information content (AvgIpc) is 2.54. The molecule has 5 heteroatoms. The molecule has 2 aromatic rings. The lowest BCUT2D eigenvalue weighted by Gasteiger charge is -2.26. The number of nitrogens with zero attached hydrogens (tertiary/aromatic N) is 3. The third-order valence-electron chi connectivity index (χ3n) is 3.77. The smallest absolute Gasteiger partial charge is 0.118 e. The molecule has 0 aromatic heterocycles. The molecule has 0 saturated carbocycles. The van der Waals surface area contributed by atoms with E-state index in [-0.39, 0.29) is 6.04 Å². The van der Waals surface area contributed by atoms with Crippen molar-refractivity contribution in [3.8, 4) is 0 Å². The minimum Gasteiger partial charge on any atom is -0.323 e. The minimum atomic E-state index is 0.103. The Bertz CT molecular complexity index is 780. The van der Waals surface area contributed by atoms with E-state index in [4.69, 9.17) is 10.8 Å². The van der Waals surface area contributed by atoms with Crippen molar-refractivity contribution >= 4 is 17.1 Å². The number of hydrogen-bond acceptors (Lipinski definition) is 5. The number of fused-ring (bicyclic) bond motifs is 2. The molecule has 0 amide bonds. The Balaban J connectivity index is 2.31. The van der Waals surface area contributed by atoms with Gasteiger partial charge in [-0.1, -0.05) is 42.5 Å². The van der Waals surface area contributed by atoms with Crippen molar-refractivity contribution in [3.05, 3.63) is 65.2 Å². The minimum absolute atomic E-state index is 0.103. The van der Waals surface area contributed by atoms with Crippen molar-refractivity contribution in [2.45, 2.75) is 26.4 Å². The van der Waals surface area contributed by atoms with Gasteiger partial charge in [-0.25, -0.2) is 0 Å². The van der Waals surface area contributed by atoms with Crippen molar-refractivity contribution in [1.29, 1.82) is 0 Å². The Morgan fingerprint density at radius 1 is 1.00 bits per heavy atom. The van der Waals surface area contributed by atoms with Gasteiger partial charge in [-0.2, -0.15) is 5.10 Å². The fraction of sp³-hybridized carbons (Fsp3) is 0.222. The Hall–Kier alpha value is -2.66. The van der Waals surface area contributed by atoms with Crippen LogP contribution in [0.25, 0.3) is 0 Å². The molecule has 0 radical (unpaired) electrons. The zero-order valence-corrected chi connectivity index (χ0v) is 13.3. The first kappa shape index (κ1) is 15.2. The maximum Gasteiger partial charge on any atom is 0.118 e. The topological polar surface area (TPSA) is 74.2 Å². The molecule has 0 aliphatic carbocycles. The predicted octanol–water partition coefficient (Wildman–Crippen LogP) is 2.96. The van der Waals surface area contributed by atoms with Gasteiger partial charge >= 0.3 is 0 Å². The summed E-state index contributed by atoms with van der Waals surface area (Å²) < 4.78 is 0. The molecule has 3 N–H and O–H groups in total. The summed E-state index contributed by atoms with van der Waals surface area (Å²) in [5.41, 5.74) is 4.71. The van der Waals surface area contributed by atoms with Gasteiger partial charge in [0, 0.05) is 17.2 Å². The van der Waals surface area contributed by atoms with Gasteiger partial charge in [-0.15, -0.1) is 0 Å². The number of nitrogens with two attached hydrogens (primary N) is 1. The van der Waals surface area contributed by atoms with Crippen LogP contribution in [0.5, 0.6) is 0 Å². The SMILES string of the molecule is CC(C)N=C1C(=NN)c2ccccc2N(O)Cc2ccccc21. The third kappa shape index (κ3) is 2.83. The van der Waals surface area contributed by atoms with Gasteiger partial charge in [-0.05, 0) is 25.5 Å². The van der Waals surface area contributed by atoms with Gasteiger partial charge in [-0.3, -0.25) is 15.3 Å². The fourth-order valence-electron chi connectivity index (χ4n) is 2.81. The Morgan fingerprint density at radius 2 is 1.65 bits per heavy atom. The molecule has 0 unspecified atom stereocenters. The molecule has 2 aromatic carbocycles. The van der Waals surface area contributed by atoms with E-state index in [0.29, 0.717) is 17.9 Å². The number of hydroxylamine groups is 1. The van der Waals surface area contributed by atoms with Crippen LogP contribution >= 0.6 is 0 Å². The fourth-order valence-corrected chi connectivity index (χ4v) is 2.81. The second-order valence-electron chi connectivity index (χ2n) is 5.78. The van der Waals surface area contributed by atoms with Crippen LogP contribution in [0.3, 0.4) is 0 Å². The summed E-state index contributed by atoms with van der Waals surface area (Å²) in [6.45, 7) is 4.42. The maximum atomic E-state index is 10.5. The standard InChI is InChI=1S/C18H20N4O/c1-12(2)20-17-14-8-4-3-7-13(14)11-22(23)16-10-6-5-9-15(16)18(17)21-19/h3-10,12,23H,11,19H2,1-2H3. The highest BCUT2D eigenvalue weighted by atomic mass is 16.5. The lowest BCUT2D eigenvalue weighted by molar-refractivity contribution is 0.249.